The van der Waals surface area contributed by atoms with Crippen LogP contribution in [0.5, 0.6) is 0 Å². The Labute approximate surface area is 148 Å². The highest BCUT2D eigenvalue weighted by Crippen LogP contribution is 2.47. The molecule has 0 saturated heterocycles. The first-order valence-electron chi connectivity index (χ1n) is 8.81. The van der Waals surface area contributed by atoms with Crippen molar-refractivity contribution >= 4 is 11.8 Å². The van der Waals surface area contributed by atoms with Crippen molar-refractivity contribution in [2.24, 2.45) is 0 Å². The highest BCUT2D eigenvalue weighted by Gasteiger charge is 2.44. The lowest BCUT2D eigenvalue weighted by atomic mass is 9.96. The van der Waals surface area contributed by atoms with Crippen LogP contribution in [0.4, 0.5) is 0 Å². The fourth-order valence-corrected chi connectivity index (χ4v) is 3.03. The highest BCUT2D eigenvalue weighted by atomic mass is 16.2. The summed E-state index contributed by atoms with van der Waals surface area (Å²) in [6, 6.07) is 19.9. The Morgan fingerprint density at radius 2 is 1.48 bits per heavy atom. The molecule has 0 unspecified atom stereocenters. The Morgan fingerprint density at radius 1 is 0.840 bits per heavy atom. The molecule has 0 spiro atoms. The predicted molar refractivity (Wildman–Crippen MR) is 98.1 cm³/mol. The topological polar surface area (TPSA) is 58.2 Å². The van der Waals surface area contributed by atoms with E-state index < -0.39 is 0 Å². The van der Waals surface area contributed by atoms with Crippen molar-refractivity contribution in [2.75, 3.05) is 13.1 Å². The first-order valence-corrected chi connectivity index (χ1v) is 8.81. The maximum Gasteiger partial charge on any atom is 0.224 e. The second kappa shape index (κ2) is 7.97. The average Bonchev–Trinajstić information content (AvgIpc) is 3.43. The van der Waals surface area contributed by atoms with Crippen molar-refractivity contribution in [3.8, 4) is 0 Å². The molecule has 0 bridgehead atoms. The van der Waals surface area contributed by atoms with Crippen LogP contribution >= 0.6 is 0 Å². The largest absolute Gasteiger partial charge is 0.355 e. The predicted octanol–water partition coefficient (Wildman–Crippen LogP) is 2.58. The van der Waals surface area contributed by atoms with Gasteiger partial charge in [-0.3, -0.25) is 9.59 Å². The number of amides is 2. The first kappa shape index (κ1) is 17.2. The van der Waals surface area contributed by atoms with Gasteiger partial charge < -0.3 is 10.6 Å². The summed E-state index contributed by atoms with van der Waals surface area (Å²) in [6.45, 7) is 1.05. The molecule has 130 valence electrons. The van der Waals surface area contributed by atoms with E-state index in [4.69, 9.17) is 0 Å². The second-order valence-electron chi connectivity index (χ2n) is 6.69. The van der Waals surface area contributed by atoms with Crippen LogP contribution in [0.3, 0.4) is 0 Å². The van der Waals surface area contributed by atoms with Crippen molar-refractivity contribution in [2.45, 2.75) is 31.1 Å². The number of carbonyl (C=O) groups is 2. The quantitative estimate of drug-likeness (QED) is 0.778. The maximum atomic E-state index is 12.0. The molecule has 2 aromatic rings. The van der Waals surface area contributed by atoms with Gasteiger partial charge in [0, 0.05) is 24.9 Å². The standard InChI is InChI=1S/C21H24N2O2/c24-19(11-14-22-20(25)15-17-7-3-1-4-8-17)23-16-21(12-13-21)18-9-5-2-6-10-18/h1-10H,11-16H2,(H,22,25)(H,23,24). The molecule has 0 heterocycles. The van der Waals surface area contributed by atoms with Crippen molar-refractivity contribution < 1.29 is 9.59 Å². The number of hydrogen-bond donors (Lipinski definition) is 2. The lowest BCUT2D eigenvalue weighted by molar-refractivity contribution is -0.122. The molecule has 0 atom stereocenters. The van der Waals surface area contributed by atoms with Crippen molar-refractivity contribution in [1.82, 2.24) is 10.6 Å². The lowest BCUT2D eigenvalue weighted by Crippen LogP contribution is -2.35. The Balaban J connectivity index is 1.35. The van der Waals surface area contributed by atoms with Gasteiger partial charge in [-0.05, 0) is 24.0 Å². The molecule has 0 radical (unpaired) electrons. The molecule has 2 N–H and O–H groups in total. The molecule has 0 aromatic heterocycles. The molecule has 4 heteroatoms. The summed E-state index contributed by atoms with van der Waals surface area (Å²) < 4.78 is 0. The van der Waals surface area contributed by atoms with Gasteiger partial charge in [-0.25, -0.2) is 0 Å². The summed E-state index contributed by atoms with van der Waals surface area (Å²) in [7, 11) is 0. The van der Waals surface area contributed by atoms with E-state index >= 15 is 0 Å². The zero-order valence-corrected chi connectivity index (χ0v) is 14.3. The molecule has 1 aliphatic rings. The minimum atomic E-state index is -0.0538. The summed E-state index contributed by atoms with van der Waals surface area (Å²) in [5.41, 5.74) is 2.39. The molecule has 1 aliphatic carbocycles. The molecular formula is C21H24N2O2. The van der Waals surface area contributed by atoms with Crippen LogP contribution in [-0.2, 0) is 21.4 Å². The number of carbonyl (C=O) groups excluding carboxylic acids is 2. The monoisotopic (exact) mass is 336 g/mol. The van der Waals surface area contributed by atoms with E-state index in [1.54, 1.807) is 0 Å². The Hall–Kier alpha value is -2.62. The number of rotatable bonds is 8. The van der Waals surface area contributed by atoms with Crippen LogP contribution in [-0.4, -0.2) is 24.9 Å². The molecule has 0 aliphatic heterocycles. The summed E-state index contributed by atoms with van der Waals surface area (Å²) in [5, 5.41) is 5.82. The average molecular weight is 336 g/mol. The van der Waals surface area contributed by atoms with E-state index in [1.165, 1.54) is 5.56 Å². The van der Waals surface area contributed by atoms with Gasteiger partial charge >= 0.3 is 0 Å². The van der Waals surface area contributed by atoms with Gasteiger partial charge in [0.2, 0.25) is 11.8 Å². The molecule has 2 amide bonds. The van der Waals surface area contributed by atoms with Gasteiger partial charge in [0.15, 0.2) is 0 Å². The summed E-state index contributed by atoms with van der Waals surface area (Å²) in [5.74, 6) is -0.0656. The highest BCUT2D eigenvalue weighted by molar-refractivity contribution is 5.80. The molecular weight excluding hydrogens is 312 g/mol. The van der Waals surface area contributed by atoms with E-state index in [1.807, 2.05) is 48.5 Å². The summed E-state index contributed by atoms with van der Waals surface area (Å²) in [4.78, 5) is 23.9. The Kier molecular flexibility index (Phi) is 5.49. The first-order chi connectivity index (χ1) is 12.2. The van der Waals surface area contributed by atoms with Crippen LogP contribution in [0.15, 0.2) is 60.7 Å². The molecule has 4 nitrogen and oxygen atoms in total. The van der Waals surface area contributed by atoms with Crippen LogP contribution in [0, 0.1) is 0 Å². The SMILES string of the molecule is O=C(CCNC(=O)Cc1ccccc1)NCC1(c2ccccc2)CC1. The van der Waals surface area contributed by atoms with E-state index in [0.29, 0.717) is 25.9 Å². The van der Waals surface area contributed by atoms with E-state index in [9.17, 15) is 9.59 Å². The third-order valence-corrected chi connectivity index (χ3v) is 4.75. The van der Waals surface area contributed by atoms with Gasteiger partial charge in [0.1, 0.15) is 0 Å². The molecule has 2 aromatic carbocycles. The third-order valence-electron chi connectivity index (χ3n) is 4.75. The minimum absolute atomic E-state index is 0.0118. The van der Waals surface area contributed by atoms with Crippen LogP contribution < -0.4 is 10.6 Å². The van der Waals surface area contributed by atoms with Crippen molar-refractivity contribution in [1.29, 1.82) is 0 Å². The number of benzene rings is 2. The molecule has 1 saturated carbocycles. The van der Waals surface area contributed by atoms with Crippen molar-refractivity contribution in [3.05, 3.63) is 71.8 Å². The Morgan fingerprint density at radius 3 is 2.12 bits per heavy atom. The van der Waals surface area contributed by atoms with Gasteiger partial charge in [0.05, 0.1) is 6.42 Å². The second-order valence-corrected chi connectivity index (χ2v) is 6.69. The fourth-order valence-electron chi connectivity index (χ4n) is 3.03. The van der Waals surface area contributed by atoms with Gasteiger partial charge in [-0.1, -0.05) is 60.7 Å². The molecule has 25 heavy (non-hydrogen) atoms. The van der Waals surface area contributed by atoms with Gasteiger partial charge in [-0.2, -0.15) is 0 Å². The number of hydrogen-bond acceptors (Lipinski definition) is 2. The zero-order chi connectivity index (χ0) is 17.5. The van der Waals surface area contributed by atoms with Crippen LogP contribution in [0.25, 0.3) is 0 Å². The van der Waals surface area contributed by atoms with Gasteiger partial charge in [-0.15, -0.1) is 0 Å². The molecule has 3 rings (SSSR count). The fraction of sp³-hybridized carbons (Fsp3) is 0.333. The summed E-state index contributed by atoms with van der Waals surface area (Å²) in [6.07, 6.45) is 2.89. The van der Waals surface area contributed by atoms with E-state index in [2.05, 4.69) is 22.8 Å². The van der Waals surface area contributed by atoms with Crippen LogP contribution in [0.1, 0.15) is 30.4 Å². The van der Waals surface area contributed by atoms with Crippen LogP contribution in [0.2, 0.25) is 0 Å². The normalized spacial score (nSPS) is 14.6. The Bertz CT molecular complexity index is 709. The number of nitrogens with one attached hydrogen (secondary N) is 2. The smallest absolute Gasteiger partial charge is 0.224 e. The van der Waals surface area contributed by atoms with Gasteiger partial charge in [0.25, 0.3) is 0 Å². The molecule has 1 fully saturated rings. The maximum absolute atomic E-state index is 12.0. The lowest BCUT2D eigenvalue weighted by Gasteiger charge is -2.16. The summed E-state index contributed by atoms with van der Waals surface area (Å²) >= 11 is 0. The minimum Gasteiger partial charge on any atom is -0.355 e. The van der Waals surface area contributed by atoms with Crippen molar-refractivity contribution in [3.63, 3.8) is 0 Å². The van der Waals surface area contributed by atoms with E-state index in [-0.39, 0.29) is 17.2 Å². The third kappa shape index (κ3) is 4.92. The van der Waals surface area contributed by atoms with E-state index in [0.717, 1.165) is 18.4 Å². The zero-order valence-electron chi connectivity index (χ0n) is 14.3.